The zero-order chi connectivity index (χ0) is 14.4. The fraction of sp³-hybridized carbons (Fsp3) is 0.533. The number of nitrogens with zero attached hydrogens (tertiary/aromatic N) is 1. The van der Waals surface area contributed by atoms with Crippen molar-refractivity contribution in [1.82, 2.24) is 4.90 Å². The molecule has 2 rings (SSSR count). The van der Waals surface area contributed by atoms with Crippen molar-refractivity contribution in [2.24, 2.45) is 5.73 Å². The third-order valence-electron chi connectivity index (χ3n) is 3.74. The van der Waals surface area contributed by atoms with Crippen molar-refractivity contribution < 1.29 is 9.53 Å². The summed E-state index contributed by atoms with van der Waals surface area (Å²) in [6.07, 6.45) is 4.51. The first-order valence-corrected chi connectivity index (χ1v) is 7.17. The molecular formula is C15H23N3O2. The van der Waals surface area contributed by atoms with Crippen LogP contribution in [0.3, 0.4) is 0 Å². The Bertz CT molecular complexity index is 444. The SMILES string of the molecule is COc1ccccc1NC(=O)N(CCN)C1CCCC1. The molecule has 0 spiro atoms. The summed E-state index contributed by atoms with van der Waals surface area (Å²) >= 11 is 0. The second-order valence-electron chi connectivity index (χ2n) is 5.05. The van der Waals surface area contributed by atoms with E-state index in [-0.39, 0.29) is 6.03 Å². The van der Waals surface area contributed by atoms with Crippen LogP contribution in [0.25, 0.3) is 0 Å². The van der Waals surface area contributed by atoms with E-state index in [2.05, 4.69) is 5.32 Å². The fourth-order valence-corrected chi connectivity index (χ4v) is 2.74. The second kappa shape index (κ2) is 7.14. The minimum absolute atomic E-state index is 0.0909. The summed E-state index contributed by atoms with van der Waals surface area (Å²) in [6.45, 7) is 1.07. The minimum atomic E-state index is -0.0909. The van der Waals surface area contributed by atoms with E-state index in [9.17, 15) is 4.79 Å². The number of hydrogen-bond donors (Lipinski definition) is 2. The Morgan fingerprint density at radius 1 is 1.40 bits per heavy atom. The van der Waals surface area contributed by atoms with Gasteiger partial charge in [-0.05, 0) is 25.0 Å². The van der Waals surface area contributed by atoms with E-state index in [0.29, 0.717) is 30.6 Å². The molecule has 1 aromatic rings. The number of nitrogens with two attached hydrogens (primary N) is 1. The first-order valence-electron chi connectivity index (χ1n) is 7.17. The molecule has 1 aliphatic carbocycles. The monoisotopic (exact) mass is 277 g/mol. The van der Waals surface area contributed by atoms with Gasteiger partial charge in [0.05, 0.1) is 12.8 Å². The van der Waals surface area contributed by atoms with Gasteiger partial charge in [0.1, 0.15) is 5.75 Å². The molecule has 0 unspecified atom stereocenters. The van der Waals surface area contributed by atoms with Crippen molar-refractivity contribution in [3.05, 3.63) is 24.3 Å². The van der Waals surface area contributed by atoms with Crippen LogP contribution >= 0.6 is 0 Å². The molecule has 0 aromatic heterocycles. The molecule has 110 valence electrons. The Hall–Kier alpha value is -1.75. The molecule has 1 aliphatic rings. The van der Waals surface area contributed by atoms with Gasteiger partial charge in [0.2, 0.25) is 0 Å². The van der Waals surface area contributed by atoms with Gasteiger partial charge in [0.15, 0.2) is 0 Å². The van der Waals surface area contributed by atoms with Gasteiger partial charge < -0.3 is 20.7 Å². The summed E-state index contributed by atoms with van der Waals surface area (Å²) < 4.78 is 5.25. The molecule has 0 saturated heterocycles. The van der Waals surface area contributed by atoms with Crippen LogP contribution in [0.1, 0.15) is 25.7 Å². The normalized spacial score (nSPS) is 15.1. The highest BCUT2D eigenvalue weighted by Gasteiger charge is 2.26. The second-order valence-corrected chi connectivity index (χ2v) is 5.05. The zero-order valence-electron chi connectivity index (χ0n) is 12.0. The van der Waals surface area contributed by atoms with Crippen LogP contribution in [0, 0.1) is 0 Å². The van der Waals surface area contributed by atoms with E-state index in [4.69, 9.17) is 10.5 Å². The van der Waals surface area contributed by atoms with Gasteiger partial charge in [0, 0.05) is 19.1 Å². The number of carbonyl (C=O) groups is 1. The van der Waals surface area contributed by atoms with Crippen LogP contribution < -0.4 is 15.8 Å². The number of carbonyl (C=O) groups excluding carboxylic acids is 1. The molecule has 20 heavy (non-hydrogen) atoms. The van der Waals surface area contributed by atoms with E-state index in [1.54, 1.807) is 7.11 Å². The minimum Gasteiger partial charge on any atom is -0.495 e. The van der Waals surface area contributed by atoms with Gasteiger partial charge in [0.25, 0.3) is 0 Å². The molecule has 5 heteroatoms. The molecule has 1 fully saturated rings. The Balaban J connectivity index is 2.07. The van der Waals surface area contributed by atoms with Crippen LogP contribution in [0.4, 0.5) is 10.5 Å². The lowest BCUT2D eigenvalue weighted by molar-refractivity contribution is 0.190. The smallest absolute Gasteiger partial charge is 0.322 e. The topological polar surface area (TPSA) is 67.6 Å². The first kappa shape index (κ1) is 14.7. The van der Waals surface area contributed by atoms with E-state index < -0.39 is 0 Å². The van der Waals surface area contributed by atoms with Gasteiger partial charge in [-0.1, -0.05) is 25.0 Å². The molecular weight excluding hydrogens is 254 g/mol. The number of urea groups is 1. The van der Waals surface area contributed by atoms with Gasteiger partial charge in [-0.3, -0.25) is 0 Å². The quantitative estimate of drug-likeness (QED) is 0.868. The van der Waals surface area contributed by atoms with Gasteiger partial charge in [-0.25, -0.2) is 4.79 Å². The number of para-hydroxylation sites is 2. The Morgan fingerprint density at radius 2 is 2.10 bits per heavy atom. The molecule has 0 heterocycles. The van der Waals surface area contributed by atoms with Crippen LogP contribution in [0.15, 0.2) is 24.3 Å². The maximum atomic E-state index is 12.5. The lowest BCUT2D eigenvalue weighted by Gasteiger charge is -2.29. The van der Waals surface area contributed by atoms with Crippen molar-refractivity contribution in [2.45, 2.75) is 31.7 Å². The summed E-state index contributed by atoms with van der Waals surface area (Å²) in [4.78, 5) is 14.3. The third kappa shape index (κ3) is 3.42. The summed E-state index contributed by atoms with van der Waals surface area (Å²) in [5.41, 5.74) is 6.33. The van der Waals surface area contributed by atoms with Crippen molar-refractivity contribution in [3.63, 3.8) is 0 Å². The number of ether oxygens (including phenoxy) is 1. The first-order chi connectivity index (χ1) is 9.76. The Labute approximate surface area is 120 Å². The van der Waals surface area contributed by atoms with Crippen LogP contribution in [0.5, 0.6) is 5.75 Å². The van der Waals surface area contributed by atoms with E-state index >= 15 is 0 Å². The Morgan fingerprint density at radius 3 is 2.75 bits per heavy atom. The van der Waals surface area contributed by atoms with E-state index in [1.807, 2.05) is 29.2 Å². The van der Waals surface area contributed by atoms with Gasteiger partial charge in [-0.15, -0.1) is 0 Å². The lowest BCUT2D eigenvalue weighted by atomic mass is 10.2. The predicted molar refractivity (Wildman–Crippen MR) is 80.0 cm³/mol. The maximum absolute atomic E-state index is 12.5. The van der Waals surface area contributed by atoms with Crippen LogP contribution in [-0.4, -0.2) is 37.2 Å². The molecule has 0 aliphatic heterocycles. The Kier molecular flexibility index (Phi) is 5.24. The van der Waals surface area contributed by atoms with E-state index in [0.717, 1.165) is 12.8 Å². The van der Waals surface area contributed by atoms with Crippen LogP contribution in [-0.2, 0) is 0 Å². The molecule has 1 aromatic carbocycles. The number of hydrogen-bond acceptors (Lipinski definition) is 3. The lowest BCUT2D eigenvalue weighted by Crippen LogP contribution is -2.44. The van der Waals surface area contributed by atoms with Gasteiger partial charge in [-0.2, -0.15) is 0 Å². The highest BCUT2D eigenvalue weighted by atomic mass is 16.5. The summed E-state index contributed by atoms with van der Waals surface area (Å²) in [7, 11) is 1.60. The highest BCUT2D eigenvalue weighted by molar-refractivity contribution is 5.91. The number of methoxy groups -OCH3 is 1. The molecule has 0 radical (unpaired) electrons. The average molecular weight is 277 g/mol. The van der Waals surface area contributed by atoms with Crippen molar-refractivity contribution in [3.8, 4) is 5.75 Å². The van der Waals surface area contributed by atoms with Crippen molar-refractivity contribution >= 4 is 11.7 Å². The highest BCUT2D eigenvalue weighted by Crippen LogP contribution is 2.26. The molecule has 3 N–H and O–H groups in total. The summed E-state index contributed by atoms with van der Waals surface area (Å²) in [5, 5.41) is 2.93. The van der Waals surface area contributed by atoms with Gasteiger partial charge >= 0.3 is 6.03 Å². The molecule has 0 bridgehead atoms. The van der Waals surface area contributed by atoms with Crippen molar-refractivity contribution in [2.75, 3.05) is 25.5 Å². The standard InChI is InChI=1S/C15H23N3O2/c1-20-14-9-5-4-8-13(14)17-15(19)18(11-10-16)12-6-2-3-7-12/h4-5,8-9,12H,2-3,6-7,10-11,16H2,1H3,(H,17,19). The third-order valence-corrected chi connectivity index (χ3v) is 3.74. The number of rotatable bonds is 5. The van der Waals surface area contributed by atoms with Crippen molar-refractivity contribution in [1.29, 1.82) is 0 Å². The number of amides is 2. The van der Waals surface area contributed by atoms with E-state index in [1.165, 1.54) is 12.8 Å². The number of anilines is 1. The summed E-state index contributed by atoms with van der Waals surface area (Å²) in [6, 6.07) is 7.65. The molecule has 5 nitrogen and oxygen atoms in total. The predicted octanol–water partition coefficient (Wildman–Crippen LogP) is 2.43. The average Bonchev–Trinajstić information content (AvgIpc) is 2.99. The fourth-order valence-electron chi connectivity index (χ4n) is 2.74. The molecule has 2 amide bonds. The molecule has 1 saturated carbocycles. The molecule has 0 atom stereocenters. The largest absolute Gasteiger partial charge is 0.495 e. The zero-order valence-corrected chi connectivity index (χ0v) is 12.0. The van der Waals surface area contributed by atoms with Crippen LogP contribution in [0.2, 0.25) is 0 Å². The maximum Gasteiger partial charge on any atom is 0.322 e. The number of benzene rings is 1. The number of nitrogens with one attached hydrogen (secondary N) is 1. The summed E-state index contributed by atoms with van der Waals surface area (Å²) in [5.74, 6) is 0.667.